The number of rotatable bonds is 0. The Labute approximate surface area is 60.8 Å². The van der Waals surface area contributed by atoms with Gasteiger partial charge in [0.25, 0.3) is 0 Å². The first-order valence-corrected chi connectivity index (χ1v) is 3.68. The number of ether oxygens (including phenoxy) is 1. The highest BCUT2D eigenvalue weighted by atomic mass is 19.1. The first-order chi connectivity index (χ1) is 4.71. The summed E-state index contributed by atoms with van der Waals surface area (Å²) in [6, 6.07) is 0. The van der Waals surface area contributed by atoms with Gasteiger partial charge in [-0.1, -0.05) is 0 Å². The molecule has 1 N–H and O–H groups in total. The van der Waals surface area contributed by atoms with Crippen LogP contribution in [0.2, 0.25) is 0 Å². The molecule has 0 bridgehead atoms. The van der Waals surface area contributed by atoms with Crippen LogP contribution in [0.1, 0.15) is 13.3 Å². The van der Waals surface area contributed by atoms with E-state index in [4.69, 9.17) is 4.74 Å². The highest BCUT2D eigenvalue weighted by molar-refractivity contribution is 4.76. The third kappa shape index (κ3) is 2.62. The summed E-state index contributed by atoms with van der Waals surface area (Å²) in [4.78, 5) is 0. The topological polar surface area (TPSA) is 21.3 Å². The average molecular weight is 147 g/mol. The molecule has 0 aromatic carbocycles. The summed E-state index contributed by atoms with van der Waals surface area (Å²) in [5.41, 5.74) is -1.08. The Hall–Kier alpha value is -0.150. The lowest BCUT2D eigenvalue weighted by Gasteiger charge is -2.23. The fourth-order valence-electron chi connectivity index (χ4n) is 0.969. The molecule has 0 aromatic heterocycles. The number of nitrogens with one attached hydrogen (secondary N) is 1. The second-order valence-electron chi connectivity index (χ2n) is 2.95. The van der Waals surface area contributed by atoms with Crippen LogP contribution in [0.15, 0.2) is 0 Å². The normalized spacial score (nSPS) is 36.6. The van der Waals surface area contributed by atoms with E-state index in [1.54, 1.807) is 6.92 Å². The van der Waals surface area contributed by atoms with Gasteiger partial charge in [-0.15, -0.1) is 0 Å². The van der Waals surface area contributed by atoms with Crippen molar-refractivity contribution in [1.29, 1.82) is 0 Å². The van der Waals surface area contributed by atoms with Gasteiger partial charge in [0, 0.05) is 26.1 Å². The molecule has 2 nitrogen and oxygen atoms in total. The lowest BCUT2D eigenvalue weighted by atomic mass is 10.1. The molecule has 1 atom stereocenters. The number of hydrogen-bond donors (Lipinski definition) is 1. The van der Waals surface area contributed by atoms with Crippen LogP contribution < -0.4 is 5.32 Å². The number of halogens is 1. The molecule has 0 radical (unpaired) electrons. The summed E-state index contributed by atoms with van der Waals surface area (Å²) >= 11 is 0. The molecule has 10 heavy (non-hydrogen) atoms. The van der Waals surface area contributed by atoms with Gasteiger partial charge < -0.3 is 10.1 Å². The van der Waals surface area contributed by atoms with Crippen molar-refractivity contribution in [2.24, 2.45) is 0 Å². The molecule has 0 amide bonds. The molecule has 1 aliphatic rings. The molecule has 3 heteroatoms. The summed E-state index contributed by atoms with van der Waals surface area (Å²) in [6.45, 7) is 4.08. The van der Waals surface area contributed by atoms with E-state index in [1.165, 1.54) is 0 Å². The van der Waals surface area contributed by atoms with Crippen molar-refractivity contribution < 1.29 is 9.13 Å². The van der Waals surface area contributed by atoms with Gasteiger partial charge in [0.1, 0.15) is 5.67 Å². The largest absolute Gasteiger partial charge is 0.380 e. The maximum atomic E-state index is 13.2. The second-order valence-corrected chi connectivity index (χ2v) is 2.95. The standard InChI is InChI=1S/C7H14FNO/c1-7(8)2-4-10-5-3-9-6-7/h9H,2-6H2,1H3. The van der Waals surface area contributed by atoms with Crippen molar-refractivity contribution in [3.05, 3.63) is 0 Å². The molecule has 1 saturated heterocycles. The zero-order valence-electron chi connectivity index (χ0n) is 6.32. The van der Waals surface area contributed by atoms with E-state index in [2.05, 4.69) is 5.32 Å². The van der Waals surface area contributed by atoms with E-state index < -0.39 is 5.67 Å². The molecule has 1 heterocycles. The highest BCUT2D eigenvalue weighted by Crippen LogP contribution is 2.14. The minimum atomic E-state index is -1.08. The van der Waals surface area contributed by atoms with Gasteiger partial charge in [0.05, 0.1) is 6.61 Å². The van der Waals surface area contributed by atoms with Gasteiger partial charge in [-0.25, -0.2) is 4.39 Å². The Balaban J connectivity index is 2.30. The fourth-order valence-corrected chi connectivity index (χ4v) is 0.969. The van der Waals surface area contributed by atoms with Gasteiger partial charge >= 0.3 is 0 Å². The maximum absolute atomic E-state index is 13.2. The van der Waals surface area contributed by atoms with Crippen LogP contribution in [0.3, 0.4) is 0 Å². The molecule has 60 valence electrons. The van der Waals surface area contributed by atoms with E-state index in [0.717, 1.165) is 6.54 Å². The number of hydrogen-bond acceptors (Lipinski definition) is 2. The van der Waals surface area contributed by atoms with Gasteiger partial charge in [-0.05, 0) is 6.92 Å². The maximum Gasteiger partial charge on any atom is 0.122 e. The van der Waals surface area contributed by atoms with E-state index in [0.29, 0.717) is 26.2 Å². The Morgan fingerprint density at radius 2 is 2.30 bits per heavy atom. The van der Waals surface area contributed by atoms with Crippen LogP contribution in [-0.4, -0.2) is 32.0 Å². The van der Waals surface area contributed by atoms with E-state index in [1.807, 2.05) is 0 Å². The SMILES string of the molecule is CC1(F)CCOCCNC1. The summed E-state index contributed by atoms with van der Waals surface area (Å²) in [7, 11) is 0. The van der Waals surface area contributed by atoms with Crippen LogP contribution in [0.25, 0.3) is 0 Å². The average Bonchev–Trinajstić information content (AvgIpc) is 1.81. The molecular formula is C7H14FNO. The lowest BCUT2D eigenvalue weighted by Crippen LogP contribution is -2.38. The molecule has 1 unspecified atom stereocenters. The predicted octanol–water partition coefficient (Wildman–Crippen LogP) is 0.724. The van der Waals surface area contributed by atoms with Gasteiger partial charge in [-0.2, -0.15) is 0 Å². The zero-order valence-corrected chi connectivity index (χ0v) is 6.32. The van der Waals surface area contributed by atoms with Crippen LogP contribution in [0.5, 0.6) is 0 Å². The number of alkyl halides is 1. The Bertz CT molecular complexity index is 95.8. The molecule has 0 saturated carbocycles. The quantitative estimate of drug-likeness (QED) is 0.545. The molecule has 0 aromatic rings. The van der Waals surface area contributed by atoms with Crippen LogP contribution >= 0.6 is 0 Å². The van der Waals surface area contributed by atoms with Crippen LogP contribution in [0, 0.1) is 0 Å². The van der Waals surface area contributed by atoms with Crippen molar-refractivity contribution in [3.63, 3.8) is 0 Å². The van der Waals surface area contributed by atoms with Crippen molar-refractivity contribution in [3.8, 4) is 0 Å². The smallest absolute Gasteiger partial charge is 0.122 e. The summed E-state index contributed by atoms with van der Waals surface area (Å²) in [5, 5.41) is 2.98. The summed E-state index contributed by atoms with van der Waals surface area (Å²) < 4.78 is 18.3. The third-order valence-electron chi connectivity index (χ3n) is 1.68. The zero-order chi connectivity index (χ0) is 7.45. The molecule has 0 aliphatic carbocycles. The first-order valence-electron chi connectivity index (χ1n) is 3.68. The first kappa shape index (κ1) is 7.95. The van der Waals surface area contributed by atoms with Crippen molar-refractivity contribution in [2.45, 2.75) is 19.0 Å². The Morgan fingerprint density at radius 1 is 1.50 bits per heavy atom. The minimum Gasteiger partial charge on any atom is -0.380 e. The van der Waals surface area contributed by atoms with Gasteiger partial charge in [0.15, 0.2) is 0 Å². The van der Waals surface area contributed by atoms with Crippen molar-refractivity contribution >= 4 is 0 Å². The second kappa shape index (κ2) is 3.30. The fraction of sp³-hybridized carbons (Fsp3) is 1.00. The van der Waals surface area contributed by atoms with Crippen LogP contribution in [0.4, 0.5) is 4.39 Å². The molecule has 1 aliphatic heterocycles. The summed E-state index contributed by atoms with van der Waals surface area (Å²) in [6.07, 6.45) is 0.500. The Kier molecular flexibility index (Phi) is 2.63. The Morgan fingerprint density at radius 3 is 3.10 bits per heavy atom. The van der Waals surface area contributed by atoms with Gasteiger partial charge in [0.2, 0.25) is 0 Å². The van der Waals surface area contributed by atoms with E-state index >= 15 is 0 Å². The third-order valence-corrected chi connectivity index (χ3v) is 1.68. The van der Waals surface area contributed by atoms with Crippen molar-refractivity contribution in [1.82, 2.24) is 5.32 Å². The molecule has 0 spiro atoms. The van der Waals surface area contributed by atoms with E-state index in [-0.39, 0.29) is 0 Å². The monoisotopic (exact) mass is 147 g/mol. The van der Waals surface area contributed by atoms with Crippen LogP contribution in [-0.2, 0) is 4.74 Å². The molecule has 1 rings (SSSR count). The molecular weight excluding hydrogens is 133 g/mol. The lowest BCUT2D eigenvalue weighted by molar-refractivity contribution is 0.0585. The highest BCUT2D eigenvalue weighted by Gasteiger charge is 2.23. The predicted molar refractivity (Wildman–Crippen MR) is 37.8 cm³/mol. The van der Waals surface area contributed by atoms with E-state index in [9.17, 15) is 4.39 Å². The summed E-state index contributed by atoms with van der Waals surface area (Å²) in [5.74, 6) is 0. The van der Waals surface area contributed by atoms with Crippen molar-refractivity contribution in [2.75, 3.05) is 26.3 Å². The minimum absolute atomic E-state index is 0.455. The van der Waals surface area contributed by atoms with Gasteiger partial charge in [-0.3, -0.25) is 0 Å². The molecule has 1 fully saturated rings.